The van der Waals surface area contributed by atoms with Crippen LogP contribution in [-0.2, 0) is 24.7 Å². The van der Waals surface area contributed by atoms with Gasteiger partial charge in [0.15, 0.2) is 5.96 Å². The second kappa shape index (κ2) is 9.57. The van der Waals surface area contributed by atoms with E-state index in [1.807, 2.05) is 20.8 Å². The summed E-state index contributed by atoms with van der Waals surface area (Å²) in [4.78, 5) is 8.11. The number of aromatic nitrogens is 1. The molecule has 0 saturated carbocycles. The molecule has 1 heterocycles. The highest BCUT2D eigenvalue weighted by atomic mass is 127. The van der Waals surface area contributed by atoms with Gasteiger partial charge < -0.3 is 15.1 Å². The van der Waals surface area contributed by atoms with Crippen LogP contribution in [0.15, 0.2) is 33.8 Å². The third kappa shape index (κ3) is 6.64. The van der Waals surface area contributed by atoms with Crippen molar-refractivity contribution in [3.63, 3.8) is 0 Å². The first-order chi connectivity index (χ1) is 12.5. The molecule has 0 amide bonds. The Bertz CT molecular complexity index is 813. The van der Waals surface area contributed by atoms with Crippen LogP contribution < -0.4 is 10.6 Å². The molecule has 0 bridgehead atoms. The van der Waals surface area contributed by atoms with Gasteiger partial charge in [-0.1, -0.05) is 26.8 Å². The summed E-state index contributed by atoms with van der Waals surface area (Å²) < 4.78 is 57.9. The van der Waals surface area contributed by atoms with Crippen molar-refractivity contribution in [3.8, 4) is 0 Å². The number of aliphatic imine (C=N–C) groups is 1. The van der Waals surface area contributed by atoms with E-state index in [2.05, 4.69) is 20.6 Å². The number of hydrogen-bond donors (Lipinski definition) is 2. The molecule has 5 nitrogen and oxygen atoms in total. The van der Waals surface area contributed by atoms with Gasteiger partial charge >= 0.3 is 6.18 Å². The Morgan fingerprint density at radius 1 is 1.14 bits per heavy atom. The molecule has 28 heavy (non-hydrogen) atoms. The fourth-order valence-electron chi connectivity index (χ4n) is 2.26. The first kappa shape index (κ1) is 24.2. The van der Waals surface area contributed by atoms with E-state index in [0.29, 0.717) is 12.0 Å². The largest absolute Gasteiger partial charge is 0.443 e. The lowest BCUT2D eigenvalue weighted by molar-refractivity contribution is -0.138. The molecule has 1 aromatic heterocycles. The van der Waals surface area contributed by atoms with Crippen LogP contribution in [0.25, 0.3) is 0 Å². The minimum absolute atomic E-state index is 0. The molecule has 0 aliphatic rings. The zero-order valence-corrected chi connectivity index (χ0v) is 18.3. The maximum absolute atomic E-state index is 13.2. The summed E-state index contributed by atoms with van der Waals surface area (Å²) in [5, 5.41) is 5.69. The number of nitrogens with one attached hydrogen (secondary N) is 2. The van der Waals surface area contributed by atoms with Crippen molar-refractivity contribution in [2.75, 3.05) is 7.05 Å². The summed E-state index contributed by atoms with van der Waals surface area (Å²) >= 11 is 0. The lowest BCUT2D eigenvalue weighted by atomic mass is 9.94. The predicted octanol–water partition coefficient (Wildman–Crippen LogP) is 4.61. The lowest BCUT2D eigenvalue weighted by Gasteiger charge is -2.15. The Morgan fingerprint density at radius 3 is 2.32 bits per heavy atom. The molecule has 0 radical (unpaired) electrons. The minimum atomic E-state index is -4.64. The number of benzene rings is 1. The summed E-state index contributed by atoms with van der Waals surface area (Å²) in [6.45, 7) is 6.02. The van der Waals surface area contributed by atoms with Crippen molar-refractivity contribution in [1.82, 2.24) is 15.6 Å². The molecule has 2 aromatic rings. The normalized spacial score (nSPS) is 12.5. The molecule has 0 atom stereocenters. The second-order valence-electron chi connectivity index (χ2n) is 6.95. The van der Waals surface area contributed by atoms with Gasteiger partial charge in [-0.25, -0.2) is 9.37 Å². The van der Waals surface area contributed by atoms with E-state index in [1.165, 1.54) is 7.05 Å². The molecular weight excluding hydrogens is 491 g/mol. The Hall–Kier alpha value is -1.85. The van der Waals surface area contributed by atoms with Gasteiger partial charge in [0.1, 0.15) is 11.6 Å². The van der Waals surface area contributed by atoms with Gasteiger partial charge in [-0.05, 0) is 17.7 Å². The maximum atomic E-state index is 13.2. The number of halogens is 5. The van der Waals surface area contributed by atoms with Crippen molar-refractivity contribution >= 4 is 29.9 Å². The molecular formula is C18H23F4IN4O. The summed E-state index contributed by atoms with van der Waals surface area (Å²) in [5.41, 5.74) is -1.28. The van der Waals surface area contributed by atoms with Crippen molar-refractivity contribution in [3.05, 3.63) is 53.0 Å². The van der Waals surface area contributed by atoms with E-state index >= 15 is 0 Å². The van der Waals surface area contributed by atoms with Gasteiger partial charge in [-0.15, -0.1) is 24.0 Å². The molecule has 2 rings (SSSR count). The van der Waals surface area contributed by atoms with Gasteiger partial charge in [0.2, 0.25) is 5.89 Å². The van der Waals surface area contributed by atoms with E-state index in [-0.39, 0.29) is 54.0 Å². The highest BCUT2D eigenvalue weighted by Crippen LogP contribution is 2.32. The molecule has 0 saturated heterocycles. The zero-order valence-electron chi connectivity index (χ0n) is 15.9. The van der Waals surface area contributed by atoms with E-state index < -0.39 is 17.6 Å². The van der Waals surface area contributed by atoms with Gasteiger partial charge in [-0.2, -0.15) is 13.2 Å². The molecule has 0 aliphatic heterocycles. The van der Waals surface area contributed by atoms with Gasteiger partial charge in [-0.3, -0.25) is 4.99 Å². The van der Waals surface area contributed by atoms with Gasteiger partial charge in [0.05, 0.1) is 18.3 Å². The van der Waals surface area contributed by atoms with Crippen LogP contribution in [0.5, 0.6) is 0 Å². The van der Waals surface area contributed by atoms with Crippen molar-refractivity contribution < 1.29 is 22.0 Å². The summed E-state index contributed by atoms with van der Waals surface area (Å²) in [7, 11) is 1.49. The van der Waals surface area contributed by atoms with Crippen molar-refractivity contribution in [2.45, 2.75) is 45.5 Å². The van der Waals surface area contributed by atoms with Gasteiger partial charge in [0, 0.05) is 19.0 Å². The smallest absolute Gasteiger partial charge is 0.416 e. The van der Waals surface area contributed by atoms with Crippen LogP contribution >= 0.6 is 24.0 Å². The monoisotopic (exact) mass is 514 g/mol. The third-order valence-corrected chi connectivity index (χ3v) is 3.75. The first-order valence-corrected chi connectivity index (χ1v) is 8.26. The number of alkyl halides is 3. The molecule has 0 unspecified atom stereocenters. The van der Waals surface area contributed by atoms with E-state index in [9.17, 15) is 17.6 Å². The fourth-order valence-corrected chi connectivity index (χ4v) is 2.26. The summed E-state index contributed by atoms with van der Waals surface area (Å²) in [6, 6.07) is 2.57. The average Bonchev–Trinajstić information content (AvgIpc) is 3.04. The van der Waals surface area contributed by atoms with Crippen molar-refractivity contribution in [1.29, 1.82) is 0 Å². The molecule has 0 aliphatic carbocycles. The number of rotatable bonds is 4. The minimum Gasteiger partial charge on any atom is -0.443 e. The number of oxazole rings is 1. The lowest BCUT2D eigenvalue weighted by Crippen LogP contribution is -2.36. The maximum Gasteiger partial charge on any atom is 0.416 e. The molecule has 0 spiro atoms. The molecule has 10 heteroatoms. The standard InChI is InChI=1S/C18H22F4N4O.HI/c1-17(2,3)14-9-24-15(27-14)10-26-16(23-4)25-8-11-5-6-12(19)7-13(11)18(20,21)22;/h5-7,9H,8,10H2,1-4H3,(H2,23,25,26);1H. The Kier molecular flexibility index (Phi) is 8.27. The number of hydrogen-bond acceptors (Lipinski definition) is 3. The Morgan fingerprint density at radius 2 is 1.79 bits per heavy atom. The molecule has 156 valence electrons. The quantitative estimate of drug-likeness (QED) is 0.271. The van der Waals surface area contributed by atoms with Crippen LogP contribution in [0, 0.1) is 5.82 Å². The Labute approximate surface area is 178 Å². The summed E-state index contributed by atoms with van der Waals surface area (Å²) in [5.74, 6) is 0.485. The fraction of sp³-hybridized carbons (Fsp3) is 0.444. The van der Waals surface area contributed by atoms with E-state index in [4.69, 9.17) is 4.42 Å². The molecule has 2 N–H and O–H groups in total. The third-order valence-electron chi connectivity index (χ3n) is 3.75. The molecule has 0 fully saturated rings. The van der Waals surface area contributed by atoms with Gasteiger partial charge in [0.25, 0.3) is 0 Å². The highest BCUT2D eigenvalue weighted by Gasteiger charge is 2.33. The number of guanidine groups is 1. The average molecular weight is 514 g/mol. The van der Waals surface area contributed by atoms with Crippen LogP contribution in [0.3, 0.4) is 0 Å². The Balaban J connectivity index is 0.00000392. The van der Waals surface area contributed by atoms with Crippen LogP contribution in [0.4, 0.5) is 17.6 Å². The van der Waals surface area contributed by atoms with Crippen LogP contribution in [-0.4, -0.2) is 18.0 Å². The van der Waals surface area contributed by atoms with E-state index in [0.717, 1.165) is 17.9 Å². The van der Waals surface area contributed by atoms with Crippen molar-refractivity contribution in [2.24, 2.45) is 4.99 Å². The predicted molar refractivity (Wildman–Crippen MR) is 109 cm³/mol. The second-order valence-corrected chi connectivity index (χ2v) is 6.95. The first-order valence-electron chi connectivity index (χ1n) is 8.26. The van der Waals surface area contributed by atoms with E-state index in [1.54, 1.807) is 6.20 Å². The molecule has 1 aromatic carbocycles. The zero-order chi connectivity index (χ0) is 20.2. The van der Waals surface area contributed by atoms with Crippen LogP contribution in [0.1, 0.15) is 43.5 Å². The topological polar surface area (TPSA) is 62.5 Å². The summed E-state index contributed by atoms with van der Waals surface area (Å²) in [6.07, 6.45) is -3.00. The SMILES string of the molecule is CN=C(NCc1ncc(C(C)(C)C)o1)NCc1ccc(F)cc1C(F)(F)F.I. The highest BCUT2D eigenvalue weighted by molar-refractivity contribution is 14.0. The number of nitrogens with zero attached hydrogens (tertiary/aromatic N) is 2. The van der Waals surface area contributed by atoms with Crippen LogP contribution in [0.2, 0.25) is 0 Å².